The van der Waals surface area contributed by atoms with Crippen molar-refractivity contribution < 1.29 is 38.2 Å². The monoisotopic (exact) mass is 650 g/mol. The molecule has 0 bridgehead atoms. The Labute approximate surface area is 278 Å². The predicted molar refractivity (Wildman–Crippen MR) is 179 cm³/mol. The van der Waals surface area contributed by atoms with Gasteiger partial charge in [0.25, 0.3) is 5.91 Å². The quantitative estimate of drug-likeness (QED) is 0.167. The molecule has 0 unspecified atom stereocenters. The van der Waals surface area contributed by atoms with Gasteiger partial charge in [0, 0.05) is 36.4 Å². The summed E-state index contributed by atoms with van der Waals surface area (Å²) in [6, 6.07) is 11.8. The number of aryl methyl sites for hydroxylation is 1. The summed E-state index contributed by atoms with van der Waals surface area (Å²) in [6.45, 7) is 9.25. The van der Waals surface area contributed by atoms with Gasteiger partial charge in [0.15, 0.2) is 11.5 Å². The molecule has 3 rings (SSSR count). The molecule has 0 saturated carbocycles. The highest BCUT2D eigenvalue weighted by Gasteiger charge is 2.41. The maximum Gasteiger partial charge on any atom is 0.329 e. The Morgan fingerprint density at radius 2 is 1.68 bits per heavy atom. The van der Waals surface area contributed by atoms with E-state index < -0.39 is 35.2 Å². The van der Waals surface area contributed by atoms with E-state index in [2.05, 4.69) is 5.32 Å². The summed E-state index contributed by atoms with van der Waals surface area (Å²) in [5.74, 6) is -0.963. The zero-order chi connectivity index (χ0) is 34.7. The third-order valence-corrected chi connectivity index (χ3v) is 8.91. The Hall–Kier alpha value is -4.21. The first kappa shape index (κ1) is 37.2. The van der Waals surface area contributed by atoms with E-state index in [4.69, 9.17) is 14.2 Å². The Morgan fingerprint density at radius 1 is 0.957 bits per heavy atom. The number of likely N-dealkylation sites (tertiary alicyclic amines) is 1. The van der Waals surface area contributed by atoms with Gasteiger partial charge < -0.3 is 24.4 Å². The number of amides is 2. The van der Waals surface area contributed by atoms with Crippen LogP contribution in [0.5, 0.6) is 11.5 Å². The van der Waals surface area contributed by atoms with Gasteiger partial charge in [0.1, 0.15) is 17.9 Å². The number of esters is 1. The van der Waals surface area contributed by atoms with Gasteiger partial charge in [0.2, 0.25) is 11.7 Å². The van der Waals surface area contributed by atoms with Crippen LogP contribution in [0, 0.1) is 11.3 Å². The molecule has 10 nitrogen and oxygen atoms in total. The van der Waals surface area contributed by atoms with E-state index >= 15 is 0 Å². The lowest BCUT2D eigenvalue weighted by Gasteiger charge is -2.36. The highest BCUT2D eigenvalue weighted by Crippen LogP contribution is 2.32. The van der Waals surface area contributed by atoms with Gasteiger partial charge in [-0.2, -0.15) is 0 Å². The molecule has 0 aromatic heterocycles. The Kier molecular flexibility index (Phi) is 13.5. The number of anilines is 1. The van der Waals surface area contributed by atoms with Crippen LogP contribution in [0.4, 0.5) is 5.69 Å². The first-order valence-corrected chi connectivity index (χ1v) is 16.5. The number of ketones is 2. The fourth-order valence-corrected chi connectivity index (χ4v) is 5.41. The molecule has 256 valence electrons. The number of methoxy groups -OCH3 is 2. The molecule has 1 fully saturated rings. The fourth-order valence-electron chi connectivity index (χ4n) is 5.41. The number of benzene rings is 2. The third kappa shape index (κ3) is 10.1. The Bertz CT molecular complexity index is 1430. The molecular formula is C37H50N2O8. The summed E-state index contributed by atoms with van der Waals surface area (Å²) in [5.41, 5.74) is 1.27. The maximum absolute atomic E-state index is 13.8. The van der Waals surface area contributed by atoms with Crippen molar-refractivity contribution in [3.05, 3.63) is 53.6 Å². The first-order chi connectivity index (χ1) is 22.3. The van der Waals surface area contributed by atoms with Crippen molar-refractivity contribution in [1.29, 1.82) is 0 Å². The molecule has 2 atom stereocenters. The zero-order valence-corrected chi connectivity index (χ0v) is 28.9. The minimum Gasteiger partial charge on any atom is -0.493 e. The van der Waals surface area contributed by atoms with Crippen molar-refractivity contribution in [1.82, 2.24) is 4.90 Å². The highest BCUT2D eigenvalue weighted by molar-refractivity contribution is 6.38. The van der Waals surface area contributed by atoms with Crippen LogP contribution >= 0.6 is 0 Å². The molecule has 1 N–H and O–H groups in total. The second-order valence-corrected chi connectivity index (χ2v) is 13.0. The van der Waals surface area contributed by atoms with E-state index in [1.54, 1.807) is 60.1 Å². The molecule has 2 aromatic rings. The molecule has 1 aliphatic heterocycles. The van der Waals surface area contributed by atoms with E-state index in [0.717, 1.165) is 12.0 Å². The first-order valence-electron chi connectivity index (χ1n) is 16.5. The van der Waals surface area contributed by atoms with Gasteiger partial charge in [-0.1, -0.05) is 52.8 Å². The normalized spacial score (nSPS) is 15.5. The van der Waals surface area contributed by atoms with Gasteiger partial charge in [0.05, 0.1) is 14.2 Å². The van der Waals surface area contributed by atoms with Crippen molar-refractivity contribution in [3.8, 4) is 11.5 Å². The number of Topliss-reactive ketones (excluding diaryl/α,β-unsaturated/α-hetero) is 2. The number of nitrogens with one attached hydrogen (secondary N) is 1. The number of nitrogens with zero attached hydrogens (tertiary/aromatic N) is 1. The number of ether oxygens (including phenoxy) is 3. The van der Waals surface area contributed by atoms with Crippen LogP contribution in [0.15, 0.2) is 42.5 Å². The van der Waals surface area contributed by atoms with E-state index in [1.165, 1.54) is 4.90 Å². The van der Waals surface area contributed by atoms with Gasteiger partial charge >= 0.3 is 5.97 Å². The van der Waals surface area contributed by atoms with Crippen LogP contribution in [0.25, 0.3) is 0 Å². The lowest BCUT2D eigenvalue weighted by molar-refractivity contribution is -0.164. The summed E-state index contributed by atoms with van der Waals surface area (Å²) in [5, 5.41) is 2.85. The predicted octanol–water partition coefficient (Wildman–Crippen LogP) is 6.25. The number of carbonyl (C=O) groups excluding carboxylic acids is 5. The van der Waals surface area contributed by atoms with Crippen molar-refractivity contribution >= 4 is 35.0 Å². The van der Waals surface area contributed by atoms with Crippen LogP contribution in [-0.4, -0.2) is 61.1 Å². The van der Waals surface area contributed by atoms with Crippen molar-refractivity contribution in [2.75, 3.05) is 26.1 Å². The van der Waals surface area contributed by atoms with Crippen molar-refractivity contribution in [2.45, 2.75) is 98.1 Å². The molecule has 2 amide bonds. The van der Waals surface area contributed by atoms with Crippen LogP contribution in [0.1, 0.15) is 96.8 Å². The van der Waals surface area contributed by atoms with Crippen LogP contribution < -0.4 is 14.8 Å². The highest BCUT2D eigenvalue weighted by atomic mass is 16.5. The van der Waals surface area contributed by atoms with Crippen molar-refractivity contribution in [2.24, 2.45) is 11.3 Å². The van der Waals surface area contributed by atoms with E-state index in [1.807, 2.05) is 31.2 Å². The SMILES string of the molecule is CCC(C)(C)C(=O)C(=O)N1CCCC[C@H]1C(=O)O[C@H](CCc1ccc(OC)c(OC)c1)c1cccc(NC(=O)CCC(=O)C(C)C)c1. The van der Waals surface area contributed by atoms with Gasteiger partial charge in [-0.05, 0) is 73.9 Å². The van der Waals surface area contributed by atoms with E-state index in [0.29, 0.717) is 61.4 Å². The minimum atomic E-state index is -0.877. The van der Waals surface area contributed by atoms with Crippen molar-refractivity contribution in [3.63, 3.8) is 0 Å². The number of rotatable bonds is 16. The Balaban J connectivity index is 1.86. The number of hydrogen-bond acceptors (Lipinski definition) is 8. The second kappa shape index (κ2) is 17.1. The summed E-state index contributed by atoms with van der Waals surface area (Å²) < 4.78 is 17.0. The van der Waals surface area contributed by atoms with Crippen LogP contribution in [-0.2, 0) is 35.1 Å². The average Bonchev–Trinajstić information content (AvgIpc) is 3.07. The number of hydrogen-bond donors (Lipinski definition) is 1. The molecule has 2 aromatic carbocycles. The fraction of sp³-hybridized carbons (Fsp3) is 0.541. The molecule has 1 aliphatic rings. The Morgan fingerprint density at radius 3 is 2.34 bits per heavy atom. The zero-order valence-electron chi connectivity index (χ0n) is 28.9. The lowest BCUT2D eigenvalue weighted by atomic mass is 9.84. The largest absolute Gasteiger partial charge is 0.493 e. The van der Waals surface area contributed by atoms with Crippen LogP contribution in [0.3, 0.4) is 0 Å². The molecule has 10 heteroatoms. The maximum atomic E-state index is 13.8. The number of piperidine rings is 1. The second-order valence-electron chi connectivity index (χ2n) is 13.0. The molecular weight excluding hydrogens is 600 g/mol. The van der Waals surface area contributed by atoms with E-state index in [-0.39, 0.29) is 30.4 Å². The number of carbonyl (C=O) groups is 5. The third-order valence-electron chi connectivity index (χ3n) is 8.91. The lowest BCUT2D eigenvalue weighted by Crippen LogP contribution is -2.53. The molecule has 47 heavy (non-hydrogen) atoms. The summed E-state index contributed by atoms with van der Waals surface area (Å²) in [6.07, 6.45) is 2.73. The molecule has 0 aliphatic carbocycles. The molecule has 1 heterocycles. The topological polar surface area (TPSA) is 128 Å². The molecule has 0 radical (unpaired) electrons. The van der Waals surface area contributed by atoms with Gasteiger partial charge in [-0.25, -0.2) is 4.79 Å². The standard InChI is InChI=1S/C37H50N2O8/c1-8-37(4,5)34(42)35(43)39-21-10-9-14-28(39)36(44)47-30(18-15-25-16-19-31(45-6)32(22-25)46-7)26-12-11-13-27(23-26)38-33(41)20-17-29(40)24(2)3/h11-13,16,19,22-24,28,30H,8-10,14-15,17-18,20-21H2,1-7H3,(H,38,41)/t28-,30+/m0/s1. The molecule has 1 saturated heterocycles. The van der Waals surface area contributed by atoms with E-state index in [9.17, 15) is 24.0 Å². The summed E-state index contributed by atoms with van der Waals surface area (Å²) >= 11 is 0. The minimum absolute atomic E-state index is 0.0197. The van der Waals surface area contributed by atoms with Gasteiger partial charge in [-0.15, -0.1) is 0 Å². The summed E-state index contributed by atoms with van der Waals surface area (Å²) in [7, 11) is 3.13. The summed E-state index contributed by atoms with van der Waals surface area (Å²) in [4.78, 5) is 66.3. The average molecular weight is 651 g/mol. The van der Waals surface area contributed by atoms with Gasteiger partial charge in [-0.3, -0.25) is 19.2 Å². The smallest absolute Gasteiger partial charge is 0.329 e. The molecule has 0 spiro atoms. The van der Waals surface area contributed by atoms with Crippen LogP contribution in [0.2, 0.25) is 0 Å².